The Morgan fingerprint density at radius 1 is 1.04 bits per heavy atom. The third-order valence-electron chi connectivity index (χ3n) is 4.39. The second-order valence-electron chi connectivity index (χ2n) is 6.15. The molecule has 0 spiro atoms. The van der Waals surface area contributed by atoms with Gasteiger partial charge < -0.3 is 4.74 Å². The van der Waals surface area contributed by atoms with E-state index in [1.807, 2.05) is 24.3 Å². The summed E-state index contributed by atoms with van der Waals surface area (Å²) in [6, 6.07) is 13.7. The smallest absolute Gasteiger partial charge is 0.166 e. The lowest BCUT2D eigenvalue weighted by molar-refractivity contribution is 0.0889. The van der Waals surface area contributed by atoms with Crippen LogP contribution in [0.1, 0.15) is 48.0 Å². The summed E-state index contributed by atoms with van der Waals surface area (Å²) in [5.74, 6) is 0.756. The van der Waals surface area contributed by atoms with Crippen molar-refractivity contribution < 1.29 is 13.9 Å². The Kier molecular flexibility index (Phi) is 5.06. The van der Waals surface area contributed by atoms with Crippen molar-refractivity contribution in [1.82, 2.24) is 0 Å². The minimum Gasteiger partial charge on any atom is -0.489 e. The van der Waals surface area contributed by atoms with Gasteiger partial charge in [0, 0.05) is 11.5 Å². The number of benzene rings is 2. The van der Waals surface area contributed by atoms with Crippen LogP contribution in [0.25, 0.3) is 0 Å². The molecule has 0 atom stereocenters. The van der Waals surface area contributed by atoms with Crippen LogP contribution < -0.4 is 4.74 Å². The molecule has 0 radical (unpaired) electrons. The lowest BCUT2D eigenvalue weighted by atomic mass is 9.84. The molecule has 0 N–H and O–H groups in total. The van der Waals surface area contributed by atoms with Gasteiger partial charge in [0.1, 0.15) is 18.2 Å². The summed E-state index contributed by atoms with van der Waals surface area (Å²) in [6.45, 7) is 0.291. The van der Waals surface area contributed by atoms with Crippen molar-refractivity contribution in [3.63, 3.8) is 0 Å². The Labute approximate surface area is 136 Å². The molecule has 0 amide bonds. The molecule has 1 fully saturated rings. The topological polar surface area (TPSA) is 26.3 Å². The van der Waals surface area contributed by atoms with E-state index < -0.39 is 0 Å². The first-order valence-corrected chi connectivity index (χ1v) is 8.24. The molecule has 1 aliphatic carbocycles. The second-order valence-corrected chi connectivity index (χ2v) is 6.15. The summed E-state index contributed by atoms with van der Waals surface area (Å²) in [5.41, 5.74) is 1.49. The monoisotopic (exact) mass is 312 g/mol. The normalized spacial score (nSPS) is 15.3. The van der Waals surface area contributed by atoms with Gasteiger partial charge in [0.25, 0.3) is 0 Å². The van der Waals surface area contributed by atoms with Crippen molar-refractivity contribution in [2.45, 2.75) is 38.7 Å². The fourth-order valence-electron chi connectivity index (χ4n) is 3.13. The zero-order valence-electron chi connectivity index (χ0n) is 13.1. The van der Waals surface area contributed by atoms with E-state index in [0.717, 1.165) is 31.2 Å². The Morgan fingerprint density at radius 3 is 2.61 bits per heavy atom. The molecule has 1 aliphatic rings. The maximum absolute atomic E-state index is 13.2. The van der Waals surface area contributed by atoms with Gasteiger partial charge in [-0.3, -0.25) is 4.79 Å². The number of halogens is 1. The molecule has 1 saturated carbocycles. The summed E-state index contributed by atoms with van der Waals surface area (Å²) < 4.78 is 18.9. The van der Waals surface area contributed by atoms with Crippen molar-refractivity contribution in [2.24, 2.45) is 5.92 Å². The number of hydrogen-bond donors (Lipinski definition) is 0. The zero-order chi connectivity index (χ0) is 16.1. The molecule has 0 aromatic heterocycles. The van der Waals surface area contributed by atoms with Gasteiger partial charge >= 0.3 is 0 Å². The number of hydrogen-bond acceptors (Lipinski definition) is 2. The van der Waals surface area contributed by atoms with Crippen LogP contribution in [0.5, 0.6) is 5.75 Å². The highest BCUT2D eigenvalue weighted by molar-refractivity contribution is 5.98. The van der Waals surface area contributed by atoms with Crippen molar-refractivity contribution >= 4 is 5.78 Å². The van der Waals surface area contributed by atoms with E-state index in [-0.39, 0.29) is 17.5 Å². The highest BCUT2D eigenvalue weighted by Gasteiger charge is 2.22. The molecule has 0 aliphatic heterocycles. The van der Waals surface area contributed by atoms with E-state index in [1.54, 1.807) is 12.1 Å². The molecule has 2 aromatic carbocycles. The third kappa shape index (κ3) is 4.19. The minimum absolute atomic E-state index is 0.155. The van der Waals surface area contributed by atoms with E-state index in [1.165, 1.54) is 18.6 Å². The fourth-order valence-corrected chi connectivity index (χ4v) is 3.13. The molecule has 23 heavy (non-hydrogen) atoms. The average Bonchev–Trinajstić information content (AvgIpc) is 2.60. The second kappa shape index (κ2) is 7.40. The highest BCUT2D eigenvalue weighted by atomic mass is 19.1. The summed E-state index contributed by atoms with van der Waals surface area (Å²) in [4.78, 5) is 12.6. The van der Waals surface area contributed by atoms with Crippen LogP contribution >= 0.6 is 0 Å². The van der Waals surface area contributed by atoms with Gasteiger partial charge in [0.2, 0.25) is 0 Å². The van der Waals surface area contributed by atoms with Crippen molar-refractivity contribution in [1.29, 1.82) is 0 Å². The summed E-state index contributed by atoms with van der Waals surface area (Å²) in [6.07, 6.45) is 5.51. The van der Waals surface area contributed by atoms with Crippen LogP contribution in [0, 0.1) is 11.7 Å². The summed E-state index contributed by atoms with van der Waals surface area (Å²) in [7, 11) is 0. The van der Waals surface area contributed by atoms with Crippen LogP contribution in [0.15, 0.2) is 48.5 Å². The Morgan fingerprint density at radius 2 is 1.83 bits per heavy atom. The molecule has 3 rings (SSSR count). The Balaban J connectivity index is 1.66. The largest absolute Gasteiger partial charge is 0.489 e. The molecule has 2 aromatic rings. The number of carbonyl (C=O) groups is 1. The van der Waals surface area contributed by atoms with Crippen LogP contribution in [-0.2, 0) is 6.61 Å². The summed E-state index contributed by atoms with van der Waals surface area (Å²) in [5, 5.41) is 0. The predicted octanol–water partition coefficient (Wildman–Crippen LogP) is 5.17. The maximum Gasteiger partial charge on any atom is 0.166 e. The molecule has 0 unspecified atom stereocenters. The first-order chi connectivity index (χ1) is 11.2. The quantitative estimate of drug-likeness (QED) is 0.712. The standard InChI is InChI=1S/C20H21FO2/c21-18-10-4-6-15(12-18)14-23-19-11-5-9-17(13-19)20(22)16-7-2-1-3-8-16/h4-6,9-13,16H,1-3,7-8,14H2. The minimum atomic E-state index is -0.271. The number of rotatable bonds is 5. The van der Waals surface area contributed by atoms with E-state index >= 15 is 0 Å². The van der Waals surface area contributed by atoms with Gasteiger partial charge in [-0.2, -0.15) is 0 Å². The highest BCUT2D eigenvalue weighted by Crippen LogP contribution is 2.28. The van der Waals surface area contributed by atoms with E-state index in [9.17, 15) is 9.18 Å². The molecular weight excluding hydrogens is 291 g/mol. The summed E-state index contributed by atoms with van der Waals surface area (Å²) >= 11 is 0. The van der Waals surface area contributed by atoms with Crippen LogP contribution in [0.3, 0.4) is 0 Å². The number of Topliss-reactive ketones (excluding diaryl/α,β-unsaturated/α-hetero) is 1. The molecule has 0 saturated heterocycles. The zero-order valence-corrected chi connectivity index (χ0v) is 13.1. The van der Waals surface area contributed by atoms with Gasteiger partial charge in [-0.25, -0.2) is 4.39 Å². The molecular formula is C20H21FO2. The van der Waals surface area contributed by atoms with Gasteiger partial charge in [-0.15, -0.1) is 0 Å². The van der Waals surface area contributed by atoms with Crippen LogP contribution in [-0.4, -0.2) is 5.78 Å². The molecule has 2 nitrogen and oxygen atoms in total. The number of ketones is 1. The Hall–Kier alpha value is -2.16. The van der Waals surface area contributed by atoms with Crippen molar-refractivity contribution in [2.75, 3.05) is 0 Å². The first-order valence-electron chi connectivity index (χ1n) is 8.24. The predicted molar refractivity (Wildman–Crippen MR) is 88.1 cm³/mol. The Bertz CT molecular complexity index is 675. The first kappa shape index (κ1) is 15.7. The van der Waals surface area contributed by atoms with Gasteiger partial charge in [0.05, 0.1) is 0 Å². The number of carbonyl (C=O) groups excluding carboxylic acids is 1. The fraction of sp³-hybridized carbons (Fsp3) is 0.350. The molecule has 0 heterocycles. The van der Waals surface area contributed by atoms with E-state index in [0.29, 0.717) is 17.9 Å². The SMILES string of the molecule is O=C(c1cccc(OCc2cccc(F)c2)c1)C1CCCCC1. The maximum atomic E-state index is 13.2. The van der Waals surface area contributed by atoms with Gasteiger partial charge in [-0.05, 0) is 42.7 Å². The van der Waals surface area contributed by atoms with Crippen LogP contribution in [0.4, 0.5) is 4.39 Å². The molecule has 0 bridgehead atoms. The molecule has 120 valence electrons. The van der Waals surface area contributed by atoms with Gasteiger partial charge in [-0.1, -0.05) is 43.5 Å². The third-order valence-corrected chi connectivity index (χ3v) is 4.39. The van der Waals surface area contributed by atoms with Crippen molar-refractivity contribution in [3.05, 3.63) is 65.5 Å². The van der Waals surface area contributed by atoms with Crippen molar-refractivity contribution in [3.8, 4) is 5.75 Å². The average molecular weight is 312 g/mol. The van der Waals surface area contributed by atoms with E-state index in [2.05, 4.69) is 0 Å². The van der Waals surface area contributed by atoms with Gasteiger partial charge in [0.15, 0.2) is 5.78 Å². The lowest BCUT2D eigenvalue weighted by Gasteiger charge is -2.20. The van der Waals surface area contributed by atoms with E-state index in [4.69, 9.17) is 4.74 Å². The number of ether oxygens (including phenoxy) is 1. The van der Waals surface area contributed by atoms with Crippen LogP contribution in [0.2, 0.25) is 0 Å². The lowest BCUT2D eigenvalue weighted by Crippen LogP contribution is -2.17. The molecule has 3 heteroatoms.